The molecule has 0 bridgehead atoms. The highest BCUT2D eigenvalue weighted by atomic mass is 19.1. The predicted octanol–water partition coefficient (Wildman–Crippen LogP) is 7.53. The van der Waals surface area contributed by atoms with Crippen molar-refractivity contribution in [3.05, 3.63) is 106 Å². The minimum absolute atomic E-state index is 0.00196. The maximum Gasteiger partial charge on any atom is 0.141 e. The molecule has 160 valence electrons. The van der Waals surface area contributed by atoms with Crippen molar-refractivity contribution in [2.24, 2.45) is 0 Å². The number of rotatable bonds is 6. The maximum atomic E-state index is 15.1. The molecule has 32 heavy (non-hydrogen) atoms. The average molecular weight is 429 g/mol. The molecule has 0 heterocycles. The van der Waals surface area contributed by atoms with E-state index in [9.17, 15) is 8.78 Å². The molecule has 0 aliphatic carbocycles. The number of aryl methyl sites for hydroxylation is 3. The van der Waals surface area contributed by atoms with Crippen molar-refractivity contribution in [2.45, 2.75) is 32.6 Å². The molecule has 0 radical (unpaired) electrons. The quantitative estimate of drug-likeness (QED) is 0.311. The number of fused-ring (bicyclic) bond motifs is 1. The molecular weight excluding hydrogens is 407 g/mol. The standard InChI is InChI=1S/C28H22F3N/c1-2-3-18-6-12-24(27(30)15-18)21-11-13-25-22(16-21)10-9-20(28(25)31)7-4-19-5-8-23(17-32)26(29)14-19/h5-6,8-16H,2-4,7H2,1H3. The third-order valence-electron chi connectivity index (χ3n) is 5.75. The Morgan fingerprint density at radius 1 is 0.750 bits per heavy atom. The predicted molar refractivity (Wildman–Crippen MR) is 122 cm³/mol. The first-order valence-corrected chi connectivity index (χ1v) is 10.7. The second kappa shape index (κ2) is 9.28. The summed E-state index contributed by atoms with van der Waals surface area (Å²) in [6.45, 7) is 2.06. The summed E-state index contributed by atoms with van der Waals surface area (Å²) in [5.74, 6) is -1.16. The van der Waals surface area contributed by atoms with E-state index in [1.165, 1.54) is 12.1 Å². The summed E-state index contributed by atoms with van der Waals surface area (Å²) < 4.78 is 43.6. The Hall–Kier alpha value is -3.58. The Labute approximate surface area is 185 Å². The zero-order valence-corrected chi connectivity index (χ0v) is 17.8. The van der Waals surface area contributed by atoms with E-state index in [2.05, 4.69) is 6.92 Å². The van der Waals surface area contributed by atoms with Gasteiger partial charge in [-0.1, -0.05) is 55.8 Å². The zero-order valence-electron chi connectivity index (χ0n) is 17.8. The van der Waals surface area contributed by atoms with Crippen LogP contribution in [0.5, 0.6) is 0 Å². The largest absolute Gasteiger partial charge is 0.206 e. The summed E-state index contributed by atoms with van der Waals surface area (Å²) >= 11 is 0. The van der Waals surface area contributed by atoms with Gasteiger partial charge in [0.1, 0.15) is 23.5 Å². The average Bonchev–Trinajstić information content (AvgIpc) is 2.79. The Bertz CT molecular complexity index is 1330. The van der Waals surface area contributed by atoms with Crippen LogP contribution in [0.2, 0.25) is 0 Å². The van der Waals surface area contributed by atoms with Gasteiger partial charge in [-0.05, 0) is 71.2 Å². The van der Waals surface area contributed by atoms with Crippen LogP contribution in [-0.2, 0) is 19.3 Å². The highest BCUT2D eigenvalue weighted by Gasteiger charge is 2.12. The van der Waals surface area contributed by atoms with E-state index in [4.69, 9.17) is 5.26 Å². The third kappa shape index (κ3) is 4.38. The monoisotopic (exact) mass is 429 g/mol. The van der Waals surface area contributed by atoms with Crippen molar-refractivity contribution < 1.29 is 13.2 Å². The maximum absolute atomic E-state index is 15.1. The van der Waals surface area contributed by atoms with Crippen molar-refractivity contribution in [3.63, 3.8) is 0 Å². The number of hydrogen-bond acceptors (Lipinski definition) is 1. The van der Waals surface area contributed by atoms with Gasteiger partial charge in [-0.3, -0.25) is 0 Å². The van der Waals surface area contributed by atoms with Gasteiger partial charge in [0.05, 0.1) is 5.56 Å². The van der Waals surface area contributed by atoms with Crippen LogP contribution < -0.4 is 0 Å². The molecule has 4 aromatic rings. The Morgan fingerprint density at radius 3 is 2.22 bits per heavy atom. The molecule has 0 saturated carbocycles. The Morgan fingerprint density at radius 2 is 1.50 bits per heavy atom. The molecule has 4 aromatic carbocycles. The van der Waals surface area contributed by atoms with Crippen molar-refractivity contribution in [1.82, 2.24) is 0 Å². The van der Waals surface area contributed by atoms with Crippen LogP contribution in [-0.4, -0.2) is 0 Å². The van der Waals surface area contributed by atoms with Crippen molar-refractivity contribution in [3.8, 4) is 17.2 Å². The highest BCUT2D eigenvalue weighted by Crippen LogP contribution is 2.30. The number of nitrogens with zero attached hydrogens (tertiary/aromatic N) is 1. The lowest BCUT2D eigenvalue weighted by molar-refractivity contribution is 0.616. The molecule has 4 rings (SSSR count). The third-order valence-corrected chi connectivity index (χ3v) is 5.75. The molecule has 0 spiro atoms. The van der Waals surface area contributed by atoms with E-state index in [1.807, 2.05) is 12.1 Å². The van der Waals surface area contributed by atoms with Crippen molar-refractivity contribution in [1.29, 1.82) is 5.26 Å². The summed E-state index contributed by atoms with van der Waals surface area (Å²) in [5.41, 5.74) is 3.41. The number of nitriles is 1. The summed E-state index contributed by atoms with van der Waals surface area (Å²) in [6.07, 6.45) is 2.65. The van der Waals surface area contributed by atoms with Gasteiger partial charge in [0.2, 0.25) is 0 Å². The SMILES string of the molecule is CCCc1ccc(-c2ccc3c(F)c(CCc4ccc(C#N)c(F)c4)ccc3c2)c(F)c1. The van der Waals surface area contributed by atoms with E-state index in [0.29, 0.717) is 45.9 Å². The molecule has 0 fully saturated rings. The lowest BCUT2D eigenvalue weighted by atomic mass is 9.96. The second-order valence-electron chi connectivity index (χ2n) is 7.96. The molecule has 1 nitrogen and oxygen atoms in total. The molecule has 0 amide bonds. The van der Waals surface area contributed by atoms with Crippen molar-refractivity contribution >= 4 is 10.8 Å². The van der Waals surface area contributed by atoms with Gasteiger partial charge in [0, 0.05) is 10.9 Å². The van der Waals surface area contributed by atoms with E-state index >= 15 is 4.39 Å². The van der Waals surface area contributed by atoms with Gasteiger partial charge in [-0.25, -0.2) is 13.2 Å². The normalized spacial score (nSPS) is 11.0. The Balaban J connectivity index is 1.59. The molecule has 0 unspecified atom stereocenters. The van der Waals surface area contributed by atoms with Crippen LogP contribution in [0.4, 0.5) is 13.2 Å². The lowest BCUT2D eigenvalue weighted by Gasteiger charge is -2.10. The fourth-order valence-electron chi connectivity index (χ4n) is 4.02. The number of benzene rings is 4. The van der Waals surface area contributed by atoms with Crippen LogP contribution in [0.1, 0.15) is 35.6 Å². The van der Waals surface area contributed by atoms with Crippen LogP contribution in [0.25, 0.3) is 21.9 Å². The second-order valence-corrected chi connectivity index (χ2v) is 7.96. The van der Waals surface area contributed by atoms with Crippen LogP contribution in [0, 0.1) is 28.8 Å². The van der Waals surface area contributed by atoms with Gasteiger partial charge >= 0.3 is 0 Å². The van der Waals surface area contributed by atoms with Crippen LogP contribution >= 0.6 is 0 Å². The zero-order chi connectivity index (χ0) is 22.7. The van der Waals surface area contributed by atoms with Gasteiger partial charge < -0.3 is 0 Å². The molecule has 0 aromatic heterocycles. The summed E-state index contributed by atoms with van der Waals surface area (Å²) in [5, 5.41) is 10.0. The fraction of sp³-hybridized carbons (Fsp3) is 0.179. The van der Waals surface area contributed by atoms with E-state index < -0.39 is 5.82 Å². The fourth-order valence-corrected chi connectivity index (χ4v) is 4.02. The number of halogens is 3. The minimum Gasteiger partial charge on any atom is -0.206 e. The molecule has 0 aliphatic heterocycles. The molecule has 0 aliphatic rings. The first-order chi connectivity index (χ1) is 15.5. The van der Waals surface area contributed by atoms with Crippen LogP contribution in [0.15, 0.2) is 66.7 Å². The highest BCUT2D eigenvalue weighted by molar-refractivity contribution is 5.88. The first kappa shape index (κ1) is 21.6. The topological polar surface area (TPSA) is 23.8 Å². The van der Waals surface area contributed by atoms with Gasteiger partial charge in [0.15, 0.2) is 0 Å². The van der Waals surface area contributed by atoms with E-state index in [0.717, 1.165) is 18.4 Å². The smallest absolute Gasteiger partial charge is 0.141 e. The van der Waals surface area contributed by atoms with Gasteiger partial charge in [-0.2, -0.15) is 5.26 Å². The molecule has 0 saturated heterocycles. The summed E-state index contributed by atoms with van der Waals surface area (Å²) in [4.78, 5) is 0. The first-order valence-electron chi connectivity index (χ1n) is 10.7. The van der Waals surface area contributed by atoms with Gasteiger partial charge in [0.25, 0.3) is 0 Å². The number of hydrogen-bond donors (Lipinski definition) is 0. The van der Waals surface area contributed by atoms with E-state index in [-0.39, 0.29) is 17.2 Å². The van der Waals surface area contributed by atoms with Crippen LogP contribution in [0.3, 0.4) is 0 Å². The summed E-state index contributed by atoms with van der Waals surface area (Å²) in [7, 11) is 0. The molecule has 4 heteroatoms. The minimum atomic E-state index is -0.563. The lowest BCUT2D eigenvalue weighted by Crippen LogP contribution is -1.97. The molecule has 0 N–H and O–H groups in total. The van der Waals surface area contributed by atoms with Crippen molar-refractivity contribution in [2.75, 3.05) is 0 Å². The molecule has 0 atom stereocenters. The Kier molecular flexibility index (Phi) is 6.28. The van der Waals surface area contributed by atoms with Gasteiger partial charge in [-0.15, -0.1) is 0 Å². The molecular formula is C28H22F3N. The summed E-state index contributed by atoms with van der Waals surface area (Å²) in [6, 6.07) is 20.3. The van der Waals surface area contributed by atoms with E-state index in [1.54, 1.807) is 48.5 Å².